The molecule has 3 rings (SSSR count). The van der Waals surface area contributed by atoms with Crippen molar-refractivity contribution in [2.24, 2.45) is 0 Å². The lowest BCUT2D eigenvalue weighted by Crippen LogP contribution is -2.57. The van der Waals surface area contributed by atoms with E-state index in [9.17, 15) is 4.79 Å². The molecule has 0 atom stereocenters. The highest BCUT2D eigenvalue weighted by Crippen LogP contribution is 2.25. The maximum atomic E-state index is 11.9. The summed E-state index contributed by atoms with van der Waals surface area (Å²) in [6, 6.07) is 8.36. The molecule has 0 aliphatic carbocycles. The first kappa shape index (κ1) is 15.2. The van der Waals surface area contributed by atoms with Gasteiger partial charge in [-0.3, -0.25) is 9.69 Å². The summed E-state index contributed by atoms with van der Waals surface area (Å²) in [4.78, 5) is 18.4. The number of benzene rings is 1. The van der Waals surface area contributed by atoms with Gasteiger partial charge in [0.2, 0.25) is 5.91 Å². The predicted molar refractivity (Wildman–Crippen MR) is 84.8 cm³/mol. The zero-order chi connectivity index (χ0) is 13.2. The Labute approximate surface area is 127 Å². The highest BCUT2D eigenvalue weighted by Gasteiger charge is 2.23. The van der Waals surface area contributed by atoms with Crippen molar-refractivity contribution in [3.63, 3.8) is 0 Å². The summed E-state index contributed by atoms with van der Waals surface area (Å²) >= 11 is 1.51. The molecule has 0 spiro atoms. The Kier molecular flexibility index (Phi) is 4.93. The van der Waals surface area contributed by atoms with Crippen molar-refractivity contribution in [2.75, 3.05) is 32.0 Å². The van der Waals surface area contributed by atoms with Crippen molar-refractivity contribution in [2.45, 2.75) is 6.04 Å². The zero-order valence-electron chi connectivity index (χ0n) is 11.1. The van der Waals surface area contributed by atoms with Crippen LogP contribution in [0.5, 0.6) is 0 Å². The molecule has 1 aliphatic heterocycles. The van der Waals surface area contributed by atoms with Gasteiger partial charge in [-0.25, -0.2) is 4.98 Å². The van der Waals surface area contributed by atoms with Crippen LogP contribution in [0.1, 0.15) is 0 Å². The molecule has 7 heteroatoms. The van der Waals surface area contributed by atoms with Crippen LogP contribution in [0.15, 0.2) is 24.3 Å². The molecule has 5 nitrogen and oxygen atoms in total. The highest BCUT2D eigenvalue weighted by atomic mass is 35.5. The molecule has 1 aromatic carbocycles. The fraction of sp³-hybridized carbons (Fsp3) is 0.385. The lowest BCUT2D eigenvalue weighted by atomic mass is 10.1. The van der Waals surface area contributed by atoms with Crippen LogP contribution in [0.4, 0.5) is 5.13 Å². The first-order chi connectivity index (χ1) is 9.22. The molecule has 1 saturated heterocycles. The molecule has 1 aliphatic rings. The second-order valence-electron chi connectivity index (χ2n) is 4.76. The van der Waals surface area contributed by atoms with Gasteiger partial charge in [-0.1, -0.05) is 23.5 Å². The molecule has 0 saturated carbocycles. The van der Waals surface area contributed by atoms with Gasteiger partial charge in [0.1, 0.15) is 0 Å². The van der Waals surface area contributed by atoms with E-state index in [0.717, 1.165) is 23.3 Å². The number of anilines is 1. The van der Waals surface area contributed by atoms with E-state index in [0.29, 0.717) is 17.7 Å². The third kappa shape index (κ3) is 3.27. The largest absolute Gasteiger partial charge is 0.314 e. The minimum absolute atomic E-state index is 0. The number of carbonyl (C=O) groups is 1. The summed E-state index contributed by atoms with van der Waals surface area (Å²) in [6.45, 7) is 2.33. The molecular formula is C13H17ClN4OS. The Hall–Kier alpha value is -1.21. The van der Waals surface area contributed by atoms with Crippen LogP contribution in [0.2, 0.25) is 0 Å². The molecular weight excluding hydrogens is 296 g/mol. The number of thiazole rings is 1. The molecule has 2 N–H and O–H groups in total. The van der Waals surface area contributed by atoms with Crippen molar-refractivity contribution >= 4 is 45.0 Å². The Morgan fingerprint density at radius 3 is 2.90 bits per heavy atom. The molecule has 0 unspecified atom stereocenters. The second kappa shape index (κ2) is 6.49. The van der Waals surface area contributed by atoms with E-state index in [1.54, 1.807) is 0 Å². The Balaban J connectivity index is 0.00000147. The number of aromatic nitrogens is 1. The molecule has 1 aromatic heterocycles. The van der Waals surface area contributed by atoms with E-state index in [2.05, 4.69) is 20.5 Å². The zero-order valence-corrected chi connectivity index (χ0v) is 12.8. The summed E-state index contributed by atoms with van der Waals surface area (Å²) in [5.41, 5.74) is 0.930. The second-order valence-corrected chi connectivity index (χ2v) is 5.79. The number of nitrogens with zero attached hydrogens (tertiary/aromatic N) is 2. The molecule has 20 heavy (non-hydrogen) atoms. The lowest BCUT2D eigenvalue weighted by Gasteiger charge is -2.35. The normalized spacial score (nSPS) is 14.9. The lowest BCUT2D eigenvalue weighted by molar-refractivity contribution is -0.117. The van der Waals surface area contributed by atoms with E-state index in [1.165, 1.54) is 11.3 Å². The minimum atomic E-state index is -0.00606. The van der Waals surface area contributed by atoms with Gasteiger partial charge in [0.05, 0.1) is 16.8 Å². The van der Waals surface area contributed by atoms with Crippen LogP contribution < -0.4 is 10.6 Å². The molecule has 0 radical (unpaired) electrons. The number of para-hydroxylation sites is 1. The predicted octanol–water partition coefficient (Wildman–Crippen LogP) is 1.56. The van der Waals surface area contributed by atoms with E-state index in [1.807, 2.05) is 31.3 Å². The van der Waals surface area contributed by atoms with Gasteiger partial charge in [0.25, 0.3) is 0 Å². The fourth-order valence-corrected chi connectivity index (χ4v) is 2.91. The van der Waals surface area contributed by atoms with Gasteiger partial charge >= 0.3 is 0 Å². The quantitative estimate of drug-likeness (QED) is 0.899. The number of halogens is 1. The van der Waals surface area contributed by atoms with Crippen LogP contribution in [0, 0.1) is 0 Å². The summed E-state index contributed by atoms with van der Waals surface area (Å²) in [5.74, 6) is -0.00606. The van der Waals surface area contributed by atoms with Crippen LogP contribution in [-0.4, -0.2) is 48.5 Å². The smallest absolute Gasteiger partial charge is 0.240 e. The maximum absolute atomic E-state index is 11.9. The highest BCUT2D eigenvalue weighted by molar-refractivity contribution is 7.22. The van der Waals surface area contributed by atoms with Crippen molar-refractivity contribution in [1.82, 2.24) is 15.2 Å². The van der Waals surface area contributed by atoms with Gasteiger partial charge in [-0.2, -0.15) is 0 Å². The molecule has 1 fully saturated rings. The summed E-state index contributed by atoms with van der Waals surface area (Å²) in [7, 11) is 1.98. The first-order valence-corrected chi connectivity index (χ1v) is 7.10. The Morgan fingerprint density at radius 1 is 1.50 bits per heavy atom. The SMILES string of the molecule is CN(CC(=O)Nc1nc2ccccc2s1)C1CNC1.Cl. The van der Waals surface area contributed by atoms with Crippen LogP contribution in [0.3, 0.4) is 0 Å². The Morgan fingerprint density at radius 2 is 2.25 bits per heavy atom. The number of rotatable bonds is 4. The fourth-order valence-electron chi connectivity index (χ4n) is 2.03. The third-order valence-corrected chi connectivity index (χ3v) is 4.27. The third-order valence-electron chi connectivity index (χ3n) is 3.32. The van der Waals surface area contributed by atoms with Crippen LogP contribution in [-0.2, 0) is 4.79 Å². The van der Waals surface area contributed by atoms with E-state index in [4.69, 9.17) is 0 Å². The van der Waals surface area contributed by atoms with Gasteiger partial charge in [0.15, 0.2) is 5.13 Å². The summed E-state index contributed by atoms with van der Waals surface area (Å²) in [6.07, 6.45) is 0. The van der Waals surface area contributed by atoms with Gasteiger partial charge < -0.3 is 10.6 Å². The average molecular weight is 313 g/mol. The molecule has 2 heterocycles. The van der Waals surface area contributed by atoms with Gasteiger partial charge in [-0.15, -0.1) is 12.4 Å². The number of carbonyl (C=O) groups excluding carboxylic acids is 1. The number of hydrogen-bond acceptors (Lipinski definition) is 5. The Bertz CT molecular complexity index is 566. The van der Waals surface area contributed by atoms with Crippen molar-refractivity contribution in [3.05, 3.63) is 24.3 Å². The molecule has 1 amide bonds. The van der Waals surface area contributed by atoms with Gasteiger partial charge in [0, 0.05) is 19.1 Å². The van der Waals surface area contributed by atoms with E-state index < -0.39 is 0 Å². The first-order valence-electron chi connectivity index (χ1n) is 6.29. The summed E-state index contributed by atoms with van der Waals surface area (Å²) < 4.78 is 1.09. The number of hydrogen-bond donors (Lipinski definition) is 2. The maximum Gasteiger partial charge on any atom is 0.240 e. The van der Waals surface area contributed by atoms with Crippen LogP contribution >= 0.6 is 23.7 Å². The molecule has 2 aromatic rings. The number of amides is 1. The number of likely N-dealkylation sites (N-methyl/N-ethyl adjacent to an activating group) is 1. The van der Waals surface area contributed by atoms with E-state index in [-0.39, 0.29) is 18.3 Å². The van der Waals surface area contributed by atoms with Crippen molar-refractivity contribution in [1.29, 1.82) is 0 Å². The summed E-state index contributed by atoms with van der Waals surface area (Å²) in [5, 5.41) is 6.74. The minimum Gasteiger partial charge on any atom is -0.314 e. The number of nitrogens with one attached hydrogen (secondary N) is 2. The molecule has 108 valence electrons. The van der Waals surface area contributed by atoms with Gasteiger partial charge in [-0.05, 0) is 19.2 Å². The monoisotopic (exact) mass is 312 g/mol. The van der Waals surface area contributed by atoms with E-state index >= 15 is 0 Å². The van der Waals surface area contributed by atoms with Crippen molar-refractivity contribution < 1.29 is 4.79 Å². The standard InChI is InChI=1S/C13H16N4OS.ClH/c1-17(9-6-14-7-9)8-12(18)16-13-15-10-4-2-3-5-11(10)19-13;/h2-5,9,14H,6-8H2,1H3,(H,15,16,18);1H. The average Bonchev–Trinajstić information content (AvgIpc) is 2.67. The topological polar surface area (TPSA) is 57.3 Å². The van der Waals surface area contributed by atoms with Crippen molar-refractivity contribution in [3.8, 4) is 0 Å². The number of fused-ring (bicyclic) bond motifs is 1. The molecule has 0 bridgehead atoms. The van der Waals surface area contributed by atoms with Crippen LogP contribution in [0.25, 0.3) is 10.2 Å².